The van der Waals surface area contributed by atoms with Crippen LogP contribution in [0, 0.1) is 0 Å². The Morgan fingerprint density at radius 2 is 2.47 bits per heavy atom. The second-order valence-corrected chi connectivity index (χ2v) is 4.44. The van der Waals surface area contributed by atoms with Gasteiger partial charge in [-0.05, 0) is 25.8 Å². The minimum atomic E-state index is 0.459. The van der Waals surface area contributed by atoms with Gasteiger partial charge in [-0.3, -0.25) is 4.68 Å². The normalized spacial score (nSPS) is 24.5. The van der Waals surface area contributed by atoms with Crippen LogP contribution < -0.4 is 5.32 Å². The largest absolute Gasteiger partial charge is 0.310 e. The Kier molecular flexibility index (Phi) is 2.13. The van der Waals surface area contributed by atoms with Crippen LogP contribution in [0.15, 0.2) is 6.08 Å². The molecule has 1 aromatic rings. The SMILES string of the molecule is CC1NCCc2nn3c(c21)C=CCCC3. The highest BCUT2D eigenvalue weighted by Gasteiger charge is 2.24. The van der Waals surface area contributed by atoms with Crippen LogP contribution in [0.1, 0.15) is 42.8 Å². The molecule has 1 N–H and O–H groups in total. The maximum Gasteiger partial charge on any atom is 0.0691 e. The predicted molar refractivity (Wildman–Crippen MR) is 60.6 cm³/mol. The molecular weight excluding hydrogens is 186 g/mol. The third kappa shape index (κ3) is 1.42. The summed E-state index contributed by atoms with van der Waals surface area (Å²) in [6, 6.07) is 0.459. The van der Waals surface area contributed by atoms with Gasteiger partial charge < -0.3 is 5.32 Å². The van der Waals surface area contributed by atoms with Crippen molar-refractivity contribution in [3.05, 3.63) is 23.0 Å². The van der Waals surface area contributed by atoms with Gasteiger partial charge in [0.1, 0.15) is 0 Å². The van der Waals surface area contributed by atoms with Gasteiger partial charge in [0.2, 0.25) is 0 Å². The van der Waals surface area contributed by atoms with Gasteiger partial charge in [-0.25, -0.2) is 0 Å². The van der Waals surface area contributed by atoms with Crippen molar-refractivity contribution in [1.82, 2.24) is 15.1 Å². The lowest BCUT2D eigenvalue weighted by atomic mass is 9.99. The first-order chi connectivity index (χ1) is 7.36. The van der Waals surface area contributed by atoms with Crippen molar-refractivity contribution in [2.45, 2.75) is 38.8 Å². The summed E-state index contributed by atoms with van der Waals surface area (Å²) >= 11 is 0. The van der Waals surface area contributed by atoms with Crippen LogP contribution in [0.25, 0.3) is 6.08 Å². The molecule has 0 aromatic carbocycles. The summed E-state index contributed by atoms with van der Waals surface area (Å²) in [6.45, 7) is 4.37. The molecule has 2 aliphatic heterocycles. The van der Waals surface area contributed by atoms with Gasteiger partial charge in [0.15, 0.2) is 0 Å². The van der Waals surface area contributed by atoms with Crippen molar-refractivity contribution in [3.63, 3.8) is 0 Å². The molecule has 0 saturated carbocycles. The Morgan fingerprint density at radius 1 is 1.53 bits per heavy atom. The van der Waals surface area contributed by atoms with E-state index in [0.29, 0.717) is 6.04 Å². The molecule has 3 rings (SSSR count). The monoisotopic (exact) mass is 203 g/mol. The molecular formula is C12H17N3. The average Bonchev–Trinajstić information content (AvgIpc) is 2.43. The lowest BCUT2D eigenvalue weighted by Crippen LogP contribution is -2.27. The quantitative estimate of drug-likeness (QED) is 0.698. The van der Waals surface area contributed by atoms with Crippen molar-refractivity contribution in [2.24, 2.45) is 0 Å². The Bertz CT molecular complexity index is 403. The average molecular weight is 203 g/mol. The number of hydrogen-bond donors (Lipinski definition) is 1. The molecule has 3 heterocycles. The van der Waals surface area contributed by atoms with E-state index >= 15 is 0 Å². The van der Waals surface area contributed by atoms with Gasteiger partial charge in [-0.15, -0.1) is 0 Å². The van der Waals surface area contributed by atoms with Gasteiger partial charge >= 0.3 is 0 Å². The third-order valence-corrected chi connectivity index (χ3v) is 3.37. The zero-order valence-electron chi connectivity index (χ0n) is 9.16. The summed E-state index contributed by atoms with van der Waals surface area (Å²) in [5, 5.41) is 8.23. The van der Waals surface area contributed by atoms with Gasteiger partial charge in [-0.1, -0.05) is 6.08 Å². The second kappa shape index (κ2) is 3.49. The zero-order chi connectivity index (χ0) is 10.3. The highest BCUT2D eigenvalue weighted by Crippen LogP contribution is 2.28. The van der Waals surface area contributed by atoms with E-state index in [2.05, 4.69) is 29.1 Å². The van der Waals surface area contributed by atoms with E-state index in [-0.39, 0.29) is 0 Å². The van der Waals surface area contributed by atoms with Crippen molar-refractivity contribution in [2.75, 3.05) is 6.54 Å². The Hall–Kier alpha value is -1.09. The first-order valence-corrected chi connectivity index (χ1v) is 5.86. The Morgan fingerprint density at radius 3 is 3.40 bits per heavy atom. The standard InChI is InChI=1S/C12H17N3/c1-9-12-10(6-7-13-9)14-15-8-4-2-3-5-11(12)15/h3,5,9,13H,2,4,6-8H2,1H3. The zero-order valence-corrected chi connectivity index (χ0v) is 9.16. The molecule has 0 spiro atoms. The summed E-state index contributed by atoms with van der Waals surface area (Å²) in [5.41, 5.74) is 4.07. The Labute approximate surface area is 90.2 Å². The minimum Gasteiger partial charge on any atom is -0.310 e. The molecule has 1 aromatic heterocycles. The van der Waals surface area contributed by atoms with E-state index in [1.807, 2.05) is 0 Å². The van der Waals surface area contributed by atoms with E-state index in [1.54, 1.807) is 0 Å². The smallest absolute Gasteiger partial charge is 0.0691 e. The van der Waals surface area contributed by atoms with Crippen LogP contribution in [0.4, 0.5) is 0 Å². The fraction of sp³-hybridized carbons (Fsp3) is 0.583. The van der Waals surface area contributed by atoms with Crippen LogP contribution in [-0.2, 0) is 13.0 Å². The highest BCUT2D eigenvalue weighted by atomic mass is 15.3. The second-order valence-electron chi connectivity index (χ2n) is 4.44. The summed E-state index contributed by atoms with van der Waals surface area (Å²) in [6.07, 6.45) is 8.00. The fourth-order valence-electron chi connectivity index (χ4n) is 2.61. The lowest BCUT2D eigenvalue weighted by Gasteiger charge is -2.20. The number of aromatic nitrogens is 2. The maximum atomic E-state index is 4.73. The molecule has 1 atom stereocenters. The molecule has 2 aliphatic rings. The fourth-order valence-corrected chi connectivity index (χ4v) is 2.61. The van der Waals surface area contributed by atoms with Gasteiger partial charge in [0, 0.05) is 31.1 Å². The molecule has 3 heteroatoms. The summed E-state index contributed by atoms with van der Waals surface area (Å²) in [7, 11) is 0. The highest BCUT2D eigenvalue weighted by molar-refractivity contribution is 5.53. The van der Waals surface area contributed by atoms with E-state index in [9.17, 15) is 0 Å². The first-order valence-electron chi connectivity index (χ1n) is 5.86. The van der Waals surface area contributed by atoms with Crippen molar-refractivity contribution >= 4 is 6.08 Å². The van der Waals surface area contributed by atoms with Crippen LogP contribution in [0.3, 0.4) is 0 Å². The summed E-state index contributed by atoms with van der Waals surface area (Å²) < 4.78 is 2.19. The van der Waals surface area contributed by atoms with E-state index in [4.69, 9.17) is 5.10 Å². The number of hydrogen-bond acceptors (Lipinski definition) is 2. The topological polar surface area (TPSA) is 29.9 Å². The molecule has 3 nitrogen and oxygen atoms in total. The number of aryl methyl sites for hydroxylation is 1. The first kappa shape index (κ1) is 9.16. The molecule has 0 radical (unpaired) electrons. The molecule has 15 heavy (non-hydrogen) atoms. The number of allylic oxidation sites excluding steroid dienone is 1. The number of nitrogens with zero attached hydrogens (tertiary/aromatic N) is 2. The molecule has 0 saturated heterocycles. The molecule has 0 fully saturated rings. The van der Waals surface area contributed by atoms with Crippen LogP contribution in [0.2, 0.25) is 0 Å². The van der Waals surface area contributed by atoms with E-state index in [1.165, 1.54) is 29.8 Å². The molecule has 1 unspecified atom stereocenters. The van der Waals surface area contributed by atoms with E-state index in [0.717, 1.165) is 19.5 Å². The van der Waals surface area contributed by atoms with E-state index < -0.39 is 0 Å². The van der Waals surface area contributed by atoms with Crippen LogP contribution in [0.5, 0.6) is 0 Å². The molecule has 0 amide bonds. The number of rotatable bonds is 0. The lowest BCUT2D eigenvalue weighted by molar-refractivity contribution is 0.535. The van der Waals surface area contributed by atoms with Crippen LogP contribution in [-0.4, -0.2) is 16.3 Å². The third-order valence-electron chi connectivity index (χ3n) is 3.37. The summed E-state index contributed by atoms with van der Waals surface area (Å²) in [5.74, 6) is 0. The predicted octanol–water partition coefficient (Wildman–Crippen LogP) is 1.90. The molecule has 0 bridgehead atoms. The van der Waals surface area contributed by atoms with Gasteiger partial charge in [0.05, 0.1) is 11.4 Å². The van der Waals surface area contributed by atoms with Crippen molar-refractivity contribution < 1.29 is 0 Å². The van der Waals surface area contributed by atoms with Gasteiger partial charge in [0.25, 0.3) is 0 Å². The van der Waals surface area contributed by atoms with Gasteiger partial charge in [-0.2, -0.15) is 5.10 Å². The number of fused-ring (bicyclic) bond motifs is 3. The summed E-state index contributed by atoms with van der Waals surface area (Å²) in [4.78, 5) is 0. The van der Waals surface area contributed by atoms with Crippen molar-refractivity contribution in [1.29, 1.82) is 0 Å². The number of nitrogens with one attached hydrogen (secondary N) is 1. The molecule has 80 valence electrons. The van der Waals surface area contributed by atoms with Crippen LogP contribution >= 0.6 is 0 Å². The maximum absolute atomic E-state index is 4.73. The Balaban J connectivity index is 2.14. The minimum absolute atomic E-state index is 0.459. The van der Waals surface area contributed by atoms with Crippen molar-refractivity contribution in [3.8, 4) is 0 Å². The molecule has 0 aliphatic carbocycles.